The van der Waals surface area contributed by atoms with Crippen molar-refractivity contribution in [1.29, 1.82) is 0 Å². The van der Waals surface area contributed by atoms with Gasteiger partial charge in [-0.1, -0.05) is 36.4 Å². The number of fused-ring (bicyclic) bond motifs is 1. The van der Waals surface area contributed by atoms with Gasteiger partial charge in [0.1, 0.15) is 6.61 Å². The van der Waals surface area contributed by atoms with E-state index in [9.17, 15) is 10.2 Å². The normalized spacial score (nSPS) is 15.2. The van der Waals surface area contributed by atoms with Crippen LogP contribution in [0.15, 0.2) is 54.6 Å². The molecule has 32 heavy (non-hydrogen) atoms. The summed E-state index contributed by atoms with van der Waals surface area (Å²) in [7, 11) is 3.15. The van der Waals surface area contributed by atoms with Crippen LogP contribution in [0, 0.1) is 0 Å². The fourth-order valence-electron chi connectivity index (χ4n) is 4.31. The van der Waals surface area contributed by atoms with E-state index >= 15 is 0 Å². The molecule has 0 amide bonds. The van der Waals surface area contributed by atoms with Gasteiger partial charge < -0.3 is 29.7 Å². The number of methoxy groups -OCH3 is 2. The lowest BCUT2D eigenvalue weighted by Gasteiger charge is -2.29. The van der Waals surface area contributed by atoms with Gasteiger partial charge in [0.05, 0.1) is 20.8 Å². The molecule has 1 aliphatic rings. The number of benzene rings is 3. The van der Waals surface area contributed by atoms with Crippen LogP contribution < -0.4 is 19.5 Å². The van der Waals surface area contributed by atoms with E-state index in [-0.39, 0.29) is 18.4 Å². The number of hydrogen-bond donors (Lipinski definition) is 3. The van der Waals surface area contributed by atoms with Gasteiger partial charge in [0.2, 0.25) is 0 Å². The van der Waals surface area contributed by atoms with Crippen molar-refractivity contribution in [3.8, 4) is 23.0 Å². The van der Waals surface area contributed by atoms with E-state index in [1.807, 2.05) is 36.4 Å². The number of ether oxygens (including phenoxy) is 3. The molecule has 0 fully saturated rings. The van der Waals surface area contributed by atoms with Gasteiger partial charge in [-0.05, 0) is 59.8 Å². The second kappa shape index (κ2) is 9.94. The van der Waals surface area contributed by atoms with Crippen molar-refractivity contribution >= 4 is 0 Å². The average Bonchev–Trinajstić information content (AvgIpc) is 2.83. The molecule has 168 valence electrons. The number of phenolic OH excluding ortho intramolecular Hbond substituents is 1. The summed E-state index contributed by atoms with van der Waals surface area (Å²) in [6.45, 7) is 1.09. The Morgan fingerprint density at radius 1 is 1.00 bits per heavy atom. The highest BCUT2D eigenvalue weighted by Gasteiger charge is 2.25. The first-order chi connectivity index (χ1) is 15.6. The van der Waals surface area contributed by atoms with Crippen molar-refractivity contribution in [2.75, 3.05) is 20.8 Å². The molecule has 0 radical (unpaired) electrons. The van der Waals surface area contributed by atoms with Gasteiger partial charge in [-0.25, -0.2) is 0 Å². The molecule has 0 saturated carbocycles. The largest absolute Gasteiger partial charge is 0.504 e. The first-order valence-corrected chi connectivity index (χ1v) is 10.7. The van der Waals surface area contributed by atoms with Crippen LogP contribution in [-0.4, -0.2) is 31.0 Å². The van der Waals surface area contributed by atoms with Crippen LogP contribution in [0.3, 0.4) is 0 Å². The minimum Gasteiger partial charge on any atom is -0.504 e. The maximum absolute atomic E-state index is 10.1. The lowest BCUT2D eigenvalue weighted by molar-refractivity contribution is 0.268. The Bertz CT molecular complexity index is 1070. The molecule has 0 unspecified atom stereocenters. The van der Waals surface area contributed by atoms with Gasteiger partial charge in [-0.15, -0.1) is 0 Å². The van der Waals surface area contributed by atoms with Crippen LogP contribution in [-0.2, 0) is 26.1 Å². The van der Waals surface area contributed by atoms with E-state index < -0.39 is 0 Å². The molecule has 1 aliphatic heterocycles. The summed E-state index contributed by atoms with van der Waals surface area (Å²) in [4.78, 5) is 0. The molecule has 0 saturated heterocycles. The molecule has 0 spiro atoms. The number of aliphatic hydroxyl groups is 1. The highest BCUT2D eigenvalue weighted by atomic mass is 16.5. The van der Waals surface area contributed by atoms with Crippen LogP contribution in [0.2, 0.25) is 0 Å². The SMILES string of the molecule is COc1cc2c(cc1OCc1ccccc1)[C@@H](Cc1ccc(O)c(OC)c1CO)NCC2. The average molecular weight is 436 g/mol. The zero-order valence-corrected chi connectivity index (χ0v) is 18.4. The molecule has 6 heteroatoms. The van der Waals surface area contributed by atoms with Crippen LogP contribution >= 0.6 is 0 Å². The number of hydrogen-bond acceptors (Lipinski definition) is 6. The van der Waals surface area contributed by atoms with Crippen molar-refractivity contribution in [3.63, 3.8) is 0 Å². The first-order valence-electron chi connectivity index (χ1n) is 10.7. The number of aliphatic hydroxyl groups excluding tert-OH is 1. The molecule has 0 aromatic heterocycles. The Morgan fingerprint density at radius 2 is 1.81 bits per heavy atom. The second-order valence-corrected chi connectivity index (χ2v) is 7.85. The summed E-state index contributed by atoms with van der Waals surface area (Å²) < 4.78 is 17.1. The maximum atomic E-state index is 10.1. The summed E-state index contributed by atoms with van der Waals surface area (Å²) in [5.74, 6) is 1.78. The van der Waals surface area contributed by atoms with Gasteiger partial charge in [-0.3, -0.25) is 0 Å². The van der Waals surface area contributed by atoms with Crippen molar-refractivity contribution in [3.05, 3.63) is 82.4 Å². The minimum absolute atomic E-state index is 0.0265. The lowest BCUT2D eigenvalue weighted by atomic mass is 9.88. The van der Waals surface area contributed by atoms with Crippen LogP contribution in [0.1, 0.15) is 33.9 Å². The van der Waals surface area contributed by atoms with Gasteiger partial charge in [-0.2, -0.15) is 0 Å². The predicted molar refractivity (Wildman–Crippen MR) is 123 cm³/mol. The molecular formula is C26H29NO5. The van der Waals surface area contributed by atoms with Gasteiger partial charge in [0, 0.05) is 11.6 Å². The zero-order chi connectivity index (χ0) is 22.5. The molecule has 1 heterocycles. The van der Waals surface area contributed by atoms with Crippen molar-refractivity contribution in [2.24, 2.45) is 0 Å². The molecule has 3 aromatic carbocycles. The zero-order valence-electron chi connectivity index (χ0n) is 18.4. The van der Waals surface area contributed by atoms with Crippen molar-refractivity contribution < 1.29 is 24.4 Å². The minimum atomic E-state index is -0.208. The highest BCUT2D eigenvalue weighted by Crippen LogP contribution is 2.39. The van der Waals surface area contributed by atoms with E-state index in [4.69, 9.17) is 14.2 Å². The van der Waals surface area contributed by atoms with Crippen LogP contribution in [0.5, 0.6) is 23.0 Å². The van der Waals surface area contributed by atoms with Gasteiger partial charge >= 0.3 is 0 Å². The van der Waals surface area contributed by atoms with Gasteiger partial charge in [0.25, 0.3) is 0 Å². The summed E-state index contributed by atoms with van der Waals surface area (Å²) in [5, 5.41) is 23.6. The molecule has 0 bridgehead atoms. The lowest BCUT2D eigenvalue weighted by Crippen LogP contribution is -2.31. The Hall–Kier alpha value is -3.22. The molecule has 0 aliphatic carbocycles. The van der Waals surface area contributed by atoms with E-state index in [2.05, 4.69) is 17.4 Å². The van der Waals surface area contributed by atoms with E-state index in [0.29, 0.717) is 30.1 Å². The third kappa shape index (κ3) is 4.52. The van der Waals surface area contributed by atoms with Gasteiger partial charge in [0.15, 0.2) is 23.0 Å². The monoisotopic (exact) mass is 435 g/mol. The number of aromatic hydroxyl groups is 1. The summed E-state index contributed by atoms with van der Waals surface area (Å²) >= 11 is 0. The summed E-state index contributed by atoms with van der Waals surface area (Å²) in [6, 6.07) is 17.6. The number of rotatable bonds is 8. The predicted octanol–water partition coefficient (Wildman–Crippen LogP) is 3.91. The summed E-state index contributed by atoms with van der Waals surface area (Å²) in [5.41, 5.74) is 4.99. The maximum Gasteiger partial charge on any atom is 0.166 e. The van der Waals surface area contributed by atoms with E-state index in [1.165, 1.54) is 12.7 Å². The molecule has 4 rings (SSSR count). The number of nitrogens with one attached hydrogen (secondary N) is 1. The Kier molecular flexibility index (Phi) is 6.83. The third-order valence-electron chi connectivity index (χ3n) is 5.95. The quantitative estimate of drug-likeness (QED) is 0.498. The molecule has 3 N–H and O–H groups in total. The second-order valence-electron chi connectivity index (χ2n) is 7.85. The highest BCUT2D eigenvalue weighted by molar-refractivity contribution is 5.52. The fourth-order valence-corrected chi connectivity index (χ4v) is 4.31. The topological polar surface area (TPSA) is 80.2 Å². The van der Waals surface area contributed by atoms with Crippen molar-refractivity contribution in [2.45, 2.75) is 32.1 Å². The number of phenols is 1. The Balaban J connectivity index is 1.64. The summed E-state index contributed by atoms with van der Waals surface area (Å²) in [6.07, 6.45) is 1.54. The van der Waals surface area contributed by atoms with E-state index in [0.717, 1.165) is 35.4 Å². The van der Waals surface area contributed by atoms with Crippen LogP contribution in [0.4, 0.5) is 0 Å². The first kappa shape index (κ1) is 22.0. The van der Waals surface area contributed by atoms with Crippen molar-refractivity contribution in [1.82, 2.24) is 5.32 Å². The molecule has 3 aromatic rings. The smallest absolute Gasteiger partial charge is 0.166 e. The fraction of sp³-hybridized carbons (Fsp3) is 0.308. The molecule has 1 atom stereocenters. The molecule has 6 nitrogen and oxygen atoms in total. The third-order valence-corrected chi connectivity index (χ3v) is 5.95. The van der Waals surface area contributed by atoms with E-state index in [1.54, 1.807) is 13.2 Å². The Labute approximate surface area is 188 Å². The standard InChI is InChI=1S/C26H29NO5/c1-30-24-13-19-10-11-27-22(12-18-8-9-23(29)26(31-2)21(18)15-28)20(19)14-25(24)32-16-17-6-4-3-5-7-17/h3-9,13-14,22,27-29H,10-12,15-16H2,1-2H3/t22-/m1/s1. The molecular weight excluding hydrogens is 406 g/mol. The Morgan fingerprint density at radius 3 is 2.53 bits per heavy atom. The van der Waals surface area contributed by atoms with Crippen LogP contribution in [0.25, 0.3) is 0 Å².